The van der Waals surface area contributed by atoms with Gasteiger partial charge in [0.1, 0.15) is 5.25 Å². The number of fused-ring (bicyclic) bond motifs is 2. The molecule has 1 unspecified atom stereocenters. The van der Waals surface area contributed by atoms with E-state index in [4.69, 9.17) is 4.74 Å². The van der Waals surface area contributed by atoms with Crippen LogP contribution in [-0.2, 0) is 9.53 Å². The van der Waals surface area contributed by atoms with Crippen LogP contribution in [0, 0.1) is 0 Å². The van der Waals surface area contributed by atoms with Gasteiger partial charge >= 0.3 is 5.97 Å². The van der Waals surface area contributed by atoms with Crippen molar-refractivity contribution in [1.29, 1.82) is 0 Å². The van der Waals surface area contributed by atoms with E-state index in [9.17, 15) is 9.59 Å². The van der Waals surface area contributed by atoms with Crippen molar-refractivity contribution in [2.75, 3.05) is 6.61 Å². The molecule has 0 amide bonds. The van der Waals surface area contributed by atoms with Crippen molar-refractivity contribution in [3.8, 4) is 0 Å². The van der Waals surface area contributed by atoms with Gasteiger partial charge in [-0.25, -0.2) is 4.98 Å². The van der Waals surface area contributed by atoms with E-state index in [1.807, 2.05) is 6.07 Å². The molecule has 21 heavy (non-hydrogen) atoms. The molecule has 0 fully saturated rings. The Morgan fingerprint density at radius 2 is 2.19 bits per heavy atom. The Morgan fingerprint density at radius 1 is 1.43 bits per heavy atom. The molecule has 2 heterocycles. The number of hydrogen-bond acceptors (Lipinski definition) is 6. The van der Waals surface area contributed by atoms with Gasteiger partial charge in [0.2, 0.25) is 0 Å². The maximum atomic E-state index is 12.4. The Hall–Kier alpha value is -2.15. The van der Waals surface area contributed by atoms with Gasteiger partial charge in [-0.3, -0.25) is 9.59 Å². The lowest BCUT2D eigenvalue weighted by Crippen LogP contribution is -2.34. The fourth-order valence-corrected chi connectivity index (χ4v) is 3.07. The third kappa shape index (κ3) is 2.33. The van der Waals surface area contributed by atoms with E-state index in [1.165, 1.54) is 16.4 Å². The summed E-state index contributed by atoms with van der Waals surface area (Å²) in [6, 6.07) is 7.08. The Kier molecular flexibility index (Phi) is 3.50. The standard InChI is InChI=1S/C14H13N3O3S/c1-3-20-13(19)11-8(2)16-17-12(18)9-6-4-5-7-10(9)15-14(17)21-11/h4-7,11H,3H2,1-2H3. The molecule has 0 N–H and O–H groups in total. The zero-order valence-electron chi connectivity index (χ0n) is 11.6. The first-order valence-corrected chi connectivity index (χ1v) is 7.40. The predicted octanol–water partition coefficient (Wildman–Crippen LogP) is 1.66. The minimum atomic E-state index is -0.557. The van der Waals surface area contributed by atoms with Gasteiger partial charge in [0.25, 0.3) is 5.56 Å². The smallest absolute Gasteiger partial charge is 0.325 e. The minimum Gasteiger partial charge on any atom is -0.465 e. The molecule has 2 aromatic rings. The van der Waals surface area contributed by atoms with E-state index < -0.39 is 5.25 Å². The molecular formula is C14H13N3O3S. The highest BCUT2D eigenvalue weighted by molar-refractivity contribution is 8.01. The first-order valence-electron chi connectivity index (χ1n) is 6.52. The summed E-state index contributed by atoms with van der Waals surface area (Å²) in [7, 11) is 0. The lowest BCUT2D eigenvalue weighted by molar-refractivity contribution is -0.141. The van der Waals surface area contributed by atoms with Crippen molar-refractivity contribution in [3.05, 3.63) is 34.6 Å². The number of rotatable bonds is 2. The summed E-state index contributed by atoms with van der Waals surface area (Å²) in [5, 5.41) is 4.57. The second-order valence-corrected chi connectivity index (χ2v) is 5.59. The van der Waals surface area contributed by atoms with E-state index in [0.29, 0.717) is 28.4 Å². The third-order valence-corrected chi connectivity index (χ3v) is 4.33. The van der Waals surface area contributed by atoms with E-state index in [-0.39, 0.29) is 11.5 Å². The van der Waals surface area contributed by atoms with Crippen LogP contribution in [0.3, 0.4) is 0 Å². The van der Waals surface area contributed by atoms with Gasteiger partial charge in [-0.2, -0.15) is 9.78 Å². The van der Waals surface area contributed by atoms with Gasteiger partial charge in [0.15, 0.2) is 5.16 Å². The number of carbonyl (C=O) groups excluding carboxylic acids is 1. The molecule has 0 spiro atoms. The first-order chi connectivity index (χ1) is 10.1. The zero-order valence-corrected chi connectivity index (χ0v) is 12.4. The summed E-state index contributed by atoms with van der Waals surface area (Å²) in [4.78, 5) is 28.7. The summed E-state index contributed by atoms with van der Waals surface area (Å²) in [6.45, 7) is 3.77. The molecule has 7 heteroatoms. The van der Waals surface area contributed by atoms with Crippen molar-refractivity contribution < 1.29 is 9.53 Å². The van der Waals surface area contributed by atoms with E-state index >= 15 is 0 Å². The quantitative estimate of drug-likeness (QED) is 0.623. The van der Waals surface area contributed by atoms with Crippen LogP contribution in [0.5, 0.6) is 0 Å². The Bertz CT molecular complexity index is 813. The van der Waals surface area contributed by atoms with Crippen molar-refractivity contribution in [2.24, 2.45) is 5.10 Å². The normalized spacial score (nSPS) is 17.2. The average Bonchev–Trinajstić information content (AvgIpc) is 2.48. The van der Waals surface area contributed by atoms with Crippen LogP contribution in [0.15, 0.2) is 39.3 Å². The monoisotopic (exact) mass is 303 g/mol. The van der Waals surface area contributed by atoms with Crippen molar-refractivity contribution in [3.63, 3.8) is 0 Å². The molecule has 0 saturated carbocycles. The molecule has 1 atom stereocenters. The van der Waals surface area contributed by atoms with E-state index in [0.717, 1.165) is 0 Å². The Labute approximate surface area is 124 Å². The number of ether oxygens (including phenoxy) is 1. The molecule has 6 nitrogen and oxygen atoms in total. The molecule has 0 bridgehead atoms. The van der Waals surface area contributed by atoms with Crippen LogP contribution in [-0.4, -0.2) is 33.2 Å². The maximum Gasteiger partial charge on any atom is 0.325 e. The van der Waals surface area contributed by atoms with Crippen LogP contribution < -0.4 is 5.56 Å². The number of para-hydroxylation sites is 1. The van der Waals surface area contributed by atoms with Crippen LogP contribution in [0.4, 0.5) is 0 Å². The van der Waals surface area contributed by atoms with Crippen LogP contribution in [0.25, 0.3) is 10.9 Å². The van der Waals surface area contributed by atoms with Crippen LogP contribution >= 0.6 is 11.8 Å². The molecule has 1 aliphatic heterocycles. The second kappa shape index (κ2) is 5.33. The number of thioether (sulfide) groups is 1. The fraction of sp³-hybridized carbons (Fsp3) is 0.286. The third-order valence-electron chi connectivity index (χ3n) is 3.09. The van der Waals surface area contributed by atoms with Gasteiger partial charge in [-0.1, -0.05) is 23.9 Å². The predicted molar refractivity (Wildman–Crippen MR) is 80.8 cm³/mol. The number of esters is 1. The molecular weight excluding hydrogens is 290 g/mol. The first kappa shape index (κ1) is 13.8. The maximum absolute atomic E-state index is 12.4. The molecule has 0 radical (unpaired) electrons. The topological polar surface area (TPSA) is 73.5 Å². The summed E-state index contributed by atoms with van der Waals surface area (Å²) in [6.07, 6.45) is 0. The Morgan fingerprint density at radius 3 is 2.95 bits per heavy atom. The van der Waals surface area contributed by atoms with Gasteiger partial charge in [0.05, 0.1) is 23.2 Å². The molecule has 0 saturated heterocycles. The minimum absolute atomic E-state index is 0.232. The lowest BCUT2D eigenvalue weighted by Gasteiger charge is -2.20. The number of benzene rings is 1. The van der Waals surface area contributed by atoms with Crippen LogP contribution in [0.1, 0.15) is 13.8 Å². The van der Waals surface area contributed by atoms with Gasteiger partial charge in [-0.15, -0.1) is 0 Å². The van der Waals surface area contributed by atoms with Gasteiger partial charge < -0.3 is 4.74 Å². The summed E-state index contributed by atoms with van der Waals surface area (Å²) in [5.74, 6) is -0.364. The highest BCUT2D eigenvalue weighted by Crippen LogP contribution is 2.28. The summed E-state index contributed by atoms with van der Waals surface area (Å²) < 4.78 is 6.28. The Balaban J connectivity index is 2.13. The lowest BCUT2D eigenvalue weighted by atomic mass is 10.2. The highest BCUT2D eigenvalue weighted by Gasteiger charge is 2.31. The van der Waals surface area contributed by atoms with E-state index in [2.05, 4.69) is 10.1 Å². The van der Waals surface area contributed by atoms with Crippen molar-refractivity contribution in [1.82, 2.24) is 9.66 Å². The van der Waals surface area contributed by atoms with Crippen molar-refractivity contribution in [2.45, 2.75) is 24.3 Å². The average molecular weight is 303 g/mol. The fourth-order valence-electron chi connectivity index (χ4n) is 2.11. The largest absolute Gasteiger partial charge is 0.465 e. The summed E-state index contributed by atoms with van der Waals surface area (Å²) >= 11 is 1.19. The summed E-state index contributed by atoms with van der Waals surface area (Å²) in [5.41, 5.74) is 0.897. The number of nitrogens with zero attached hydrogens (tertiary/aromatic N) is 3. The molecule has 1 aromatic heterocycles. The number of carbonyl (C=O) groups is 1. The van der Waals surface area contributed by atoms with Crippen molar-refractivity contribution >= 4 is 34.3 Å². The zero-order chi connectivity index (χ0) is 15.0. The SMILES string of the molecule is CCOC(=O)C1Sc2nc3ccccc3c(=O)n2N=C1C. The van der Waals surface area contributed by atoms with Crippen LogP contribution in [0.2, 0.25) is 0 Å². The molecule has 1 aromatic carbocycles. The molecule has 1 aliphatic rings. The molecule has 0 aliphatic carbocycles. The van der Waals surface area contributed by atoms with E-state index in [1.54, 1.807) is 32.0 Å². The number of hydrogen-bond donors (Lipinski definition) is 0. The van der Waals surface area contributed by atoms with Gasteiger partial charge in [0, 0.05) is 0 Å². The second-order valence-electron chi connectivity index (χ2n) is 4.52. The number of aromatic nitrogens is 2. The van der Waals surface area contributed by atoms with Gasteiger partial charge in [-0.05, 0) is 26.0 Å². The highest BCUT2D eigenvalue weighted by atomic mass is 32.2. The molecule has 3 rings (SSSR count). The molecule has 108 valence electrons.